The van der Waals surface area contributed by atoms with E-state index in [0.29, 0.717) is 10.9 Å². The highest BCUT2D eigenvalue weighted by Gasteiger charge is 2.24. The van der Waals surface area contributed by atoms with Crippen LogP contribution in [0.3, 0.4) is 0 Å². The molecule has 0 aromatic carbocycles. The van der Waals surface area contributed by atoms with Gasteiger partial charge in [-0.1, -0.05) is 0 Å². The Morgan fingerprint density at radius 1 is 1.46 bits per heavy atom. The van der Waals surface area contributed by atoms with Crippen LogP contribution in [0.25, 0.3) is 0 Å². The summed E-state index contributed by atoms with van der Waals surface area (Å²) in [5.74, 6) is -0.856. The van der Waals surface area contributed by atoms with Gasteiger partial charge in [-0.25, -0.2) is 4.79 Å². The zero-order valence-corrected chi connectivity index (χ0v) is 7.68. The molecule has 5 nitrogen and oxygen atoms in total. The Morgan fingerprint density at radius 3 is 2.54 bits per heavy atom. The maximum absolute atomic E-state index is 11.2. The van der Waals surface area contributed by atoms with Crippen molar-refractivity contribution in [3.63, 3.8) is 0 Å². The van der Waals surface area contributed by atoms with Crippen molar-refractivity contribution in [3.05, 3.63) is 11.8 Å². The molecular formula is C7H8N2O3S. The summed E-state index contributed by atoms with van der Waals surface area (Å²) < 4.78 is 4.69. The minimum atomic E-state index is -0.705. The molecule has 0 aliphatic carbocycles. The van der Waals surface area contributed by atoms with Gasteiger partial charge < -0.3 is 4.74 Å². The first kappa shape index (κ1) is 9.85. The molecule has 0 unspecified atom stereocenters. The summed E-state index contributed by atoms with van der Waals surface area (Å²) in [4.78, 5) is 22.2. The summed E-state index contributed by atoms with van der Waals surface area (Å²) >= 11 is 0. The number of carbonyl (C=O) groups excluding carboxylic acids is 2. The molecule has 0 fully saturated rings. The number of esters is 1. The summed E-state index contributed by atoms with van der Waals surface area (Å²) in [6.07, 6.45) is 1.21. The summed E-state index contributed by atoms with van der Waals surface area (Å²) in [5, 5.41) is -0.0618. The molecule has 0 aromatic rings. The lowest BCUT2D eigenvalue weighted by atomic mass is 10.2. The number of carbonyl (C=O) groups is 2. The molecule has 0 radical (unpaired) electrons. The van der Waals surface area contributed by atoms with Gasteiger partial charge in [-0.05, 0) is 6.92 Å². The molecule has 1 rings (SSSR count). The second kappa shape index (κ2) is 3.65. The molecule has 1 aliphatic rings. The molecule has 13 heavy (non-hydrogen) atoms. The topological polar surface area (TPSA) is 95.4 Å². The van der Waals surface area contributed by atoms with E-state index < -0.39 is 11.8 Å². The zero-order valence-electron chi connectivity index (χ0n) is 6.87. The van der Waals surface area contributed by atoms with E-state index >= 15 is 0 Å². The maximum atomic E-state index is 11.2. The average Bonchev–Trinajstić information content (AvgIpc) is 1.96. The van der Waals surface area contributed by atoms with Crippen molar-refractivity contribution >= 4 is 32.7 Å². The number of hydrogen-bond donors (Lipinski definition) is 2. The normalized spacial score (nSPS) is 16.5. The Kier molecular flexibility index (Phi) is 2.76. The second-order valence-electron chi connectivity index (χ2n) is 2.34. The van der Waals surface area contributed by atoms with Gasteiger partial charge >= 0.3 is 5.97 Å². The SMILES string of the molecule is CC1=CC(=O)C(=S=C(N)N)C(=O)O1. The largest absolute Gasteiger partial charge is 0.427 e. The Labute approximate surface area is 77.9 Å². The Hall–Kier alpha value is -1.24. The number of nitrogens with two attached hydrogens (primary N) is 2. The minimum Gasteiger partial charge on any atom is -0.427 e. The van der Waals surface area contributed by atoms with E-state index in [1.54, 1.807) is 0 Å². The second-order valence-corrected chi connectivity index (χ2v) is 3.43. The average molecular weight is 200 g/mol. The Balaban J connectivity index is 3.24. The highest BCUT2D eigenvalue weighted by molar-refractivity contribution is 8.00. The van der Waals surface area contributed by atoms with Gasteiger partial charge in [0, 0.05) is 6.08 Å². The van der Waals surface area contributed by atoms with E-state index in [9.17, 15) is 9.59 Å². The van der Waals surface area contributed by atoms with Crippen LogP contribution in [0.1, 0.15) is 6.92 Å². The van der Waals surface area contributed by atoms with Crippen LogP contribution in [-0.4, -0.2) is 21.7 Å². The summed E-state index contributed by atoms with van der Waals surface area (Å²) in [7, 11) is 0.714. The highest BCUT2D eigenvalue weighted by Crippen LogP contribution is 2.06. The van der Waals surface area contributed by atoms with Gasteiger partial charge in [-0.3, -0.25) is 16.3 Å². The van der Waals surface area contributed by atoms with Crippen molar-refractivity contribution in [2.24, 2.45) is 11.5 Å². The minimum absolute atomic E-state index is 0.0618. The molecule has 0 spiro atoms. The van der Waals surface area contributed by atoms with E-state index in [1.807, 2.05) is 0 Å². The van der Waals surface area contributed by atoms with Crippen molar-refractivity contribution in [2.45, 2.75) is 6.92 Å². The molecule has 6 heteroatoms. The van der Waals surface area contributed by atoms with Crippen molar-refractivity contribution in [1.29, 1.82) is 0 Å². The fraction of sp³-hybridized carbons (Fsp3) is 0.143. The first-order valence-electron chi connectivity index (χ1n) is 3.38. The molecule has 0 saturated heterocycles. The van der Waals surface area contributed by atoms with Gasteiger partial charge in [0.05, 0.1) is 0 Å². The lowest BCUT2D eigenvalue weighted by Gasteiger charge is -2.08. The quantitative estimate of drug-likeness (QED) is 0.383. The molecular weight excluding hydrogens is 192 g/mol. The predicted octanol–water partition coefficient (Wildman–Crippen LogP) is -1.07. The van der Waals surface area contributed by atoms with Gasteiger partial charge in [0.25, 0.3) is 0 Å². The van der Waals surface area contributed by atoms with Crippen LogP contribution < -0.4 is 11.5 Å². The van der Waals surface area contributed by atoms with Crippen LogP contribution in [-0.2, 0) is 14.3 Å². The third-order valence-corrected chi connectivity index (χ3v) is 2.02. The summed E-state index contributed by atoms with van der Waals surface area (Å²) in [6.45, 7) is 1.52. The third-order valence-electron chi connectivity index (χ3n) is 1.22. The van der Waals surface area contributed by atoms with Gasteiger partial charge in [0.2, 0.25) is 5.78 Å². The van der Waals surface area contributed by atoms with Crippen LogP contribution in [0.5, 0.6) is 0 Å². The molecule has 0 atom stereocenters. The van der Waals surface area contributed by atoms with Gasteiger partial charge in [-0.15, -0.1) is 10.9 Å². The van der Waals surface area contributed by atoms with E-state index in [0.717, 1.165) is 0 Å². The fourth-order valence-electron chi connectivity index (χ4n) is 0.783. The van der Waals surface area contributed by atoms with E-state index in [1.165, 1.54) is 13.0 Å². The number of ether oxygens (including phenoxy) is 1. The van der Waals surface area contributed by atoms with E-state index in [4.69, 9.17) is 11.5 Å². The van der Waals surface area contributed by atoms with E-state index in [-0.39, 0.29) is 15.7 Å². The number of allylic oxidation sites excluding steroid dienone is 2. The first-order valence-corrected chi connectivity index (χ1v) is 4.20. The molecule has 0 amide bonds. The molecule has 1 heterocycles. The fourth-order valence-corrected chi connectivity index (χ4v) is 1.30. The summed E-state index contributed by atoms with van der Waals surface area (Å²) in [6, 6.07) is 0. The van der Waals surface area contributed by atoms with Crippen LogP contribution in [0.15, 0.2) is 11.8 Å². The van der Waals surface area contributed by atoms with Gasteiger partial charge in [-0.2, -0.15) is 0 Å². The van der Waals surface area contributed by atoms with Crippen molar-refractivity contribution in [3.8, 4) is 0 Å². The van der Waals surface area contributed by atoms with E-state index in [2.05, 4.69) is 4.74 Å². The van der Waals surface area contributed by atoms with Crippen LogP contribution in [0.4, 0.5) is 0 Å². The molecule has 0 bridgehead atoms. The third kappa shape index (κ3) is 2.35. The Bertz CT molecular complexity index is 373. The van der Waals surface area contributed by atoms with Gasteiger partial charge in [0.15, 0.2) is 4.86 Å². The number of rotatable bonds is 0. The summed E-state index contributed by atoms with van der Waals surface area (Å²) in [5.41, 5.74) is 10.3. The van der Waals surface area contributed by atoms with Crippen molar-refractivity contribution < 1.29 is 14.3 Å². The number of ketones is 1. The molecule has 0 aromatic heterocycles. The Morgan fingerprint density at radius 2 is 2.08 bits per heavy atom. The predicted molar refractivity (Wildman–Crippen MR) is 50.8 cm³/mol. The van der Waals surface area contributed by atoms with Crippen LogP contribution in [0.2, 0.25) is 0 Å². The zero-order chi connectivity index (χ0) is 10.0. The monoisotopic (exact) mass is 200 g/mol. The highest BCUT2D eigenvalue weighted by atomic mass is 32.1. The maximum Gasteiger partial charge on any atom is 0.357 e. The lowest BCUT2D eigenvalue weighted by Crippen LogP contribution is -2.29. The van der Waals surface area contributed by atoms with Crippen LogP contribution >= 0.6 is 10.9 Å². The number of cyclic esters (lactones) is 1. The molecule has 70 valence electrons. The first-order chi connectivity index (χ1) is 6.00. The molecule has 0 saturated carbocycles. The van der Waals surface area contributed by atoms with Crippen molar-refractivity contribution in [2.75, 3.05) is 0 Å². The molecule has 4 N–H and O–H groups in total. The van der Waals surface area contributed by atoms with Crippen LogP contribution in [0, 0.1) is 0 Å². The molecule has 1 aliphatic heterocycles. The standard InChI is InChI=1S/C7H8N2O3S/c1-3-2-4(10)5(6(11)12-3)13-7(8)9/h2H,8-9H2,1H3. The number of hydrogen-bond acceptors (Lipinski definition) is 3. The smallest absolute Gasteiger partial charge is 0.357 e. The van der Waals surface area contributed by atoms with Crippen molar-refractivity contribution in [1.82, 2.24) is 0 Å². The lowest BCUT2D eigenvalue weighted by molar-refractivity contribution is -0.132. The van der Waals surface area contributed by atoms with Gasteiger partial charge in [0.1, 0.15) is 10.9 Å².